The Hall–Kier alpha value is -1.32. The Balaban J connectivity index is 2.06. The van der Waals surface area contributed by atoms with Crippen LogP contribution in [0.1, 0.15) is 50.4 Å². The highest BCUT2D eigenvalue weighted by Crippen LogP contribution is 2.32. The van der Waals surface area contributed by atoms with Gasteiger partial charge in [-0.2, -0.15) is 0 Å². The van der Waals surface area contributed by atoms with Gasteiger partial charge < -0.3 is 11.1 Å². The topological polar surface area (TPSA) is 63.8 Å². The molecule has 0 atom stereocenters. The first-order valence-corrected chi connectivity index (χ1v) is 6.45. The van der Waals surface area contributed by atoms with Crippen molar-refractivity contribution in [3.8, 4) is 0 Å². The SMILES string of the molecule is Cc1c(N)nc(C(C)C)nc1NCCC1CC1. The lowest BCUT2D eigenvalue weighted by Crippen LogP contribution is -2.11. The fourth-order valence-electron chi connectivity index (χ4n) is 1.78. The molecule has 17 heavy (non-hydrogen) atoms. The van der Waals surface area contributed by atoms with Crippen LogP contribution in [0.3, 0.4) is 0 Å². The summed E-state index contributed by atoms with van der Waals surface area (Å²) < 4.78 is 0. The minimum atomic E-state index is 0.307. The highest BCUT2D eigenvalue weighted by atomic mass is 15.1. The summed E-state index contributed by atoms with van der Waals surface area (Å²) in [6.45, 7) is 7.12. The minimum Gasteiger partial charge on any atom is -0.383 e. The summed E-state index contributed by atoms with van der Waals surface area (Å²) in [7, 11) is 0. The summed E-state index contributed by atoms with van der Waals surface area (Å²) in [6.07, 6.45) is 4.02. The Bertz CT molecular complexity index is 397. The van der Waals surface area contributed by atoms with E-state index in [1.54, 1.807) is 0 Å². The number of nitrogens with zero attached hydrogens (tertiary/aromatic N) is 2. The number of aromatic nitrogens is 2. The molecule has 0 radical (unpaired) electrons. The second-order valence-corrected chi connectivity index (χ2v) is 5.25. The first kappa shape index (κ1) is 12.1. The van der Waals surface area contributed by atoms with Crippen molar-refractivity contribution in [3.05, 3.63) is 11.4 Å². The normalized spacial score (nSPS) is 15.3. The van der Waals surface area contributed by atoms with E-state index < -0.39 is 0 Å². The van der Waals surface area contributed by atoms with Crippen LogP contribution in [0, 0.1) is 12.8 Å². The van der Waals surface area contributed by atoms with Crippen LogP contribution in [-0.4, -0.2) is 16.5 Å². The van der Waals surface area contributed by atoms with Crippen molar-refractivity contribution in [2.75, 3.05) is 17.6 Å². The quantitative estimate of drug-likeness (QED) is 0.822. The summed E-state index contributed by atoms with van der Waals surface area (Å²) in [5, 5.41) is 3.39. The van der Waals surface area contributed by atoms with E-state index in [2.05, 4.69) is 29.1 Å². The molecule has 0 aliphatic heterocycles. The second-order valence-electron chi connectivity index (χ2n) is 5.25. The van der Waals surface area contributed by atoms with Gasteiger partial charge in [0.2, 0.25) is 0 Å². The molecule has 0 saturated heterocycles. The van der Waals surface area contributed by atoms with Gasteiger partial charge in [0.05, 0.1) is 0 Å². The average molecular weight is 234 g/mol. The van der Waals surface area contributed by atoms with Gasteiger partial charge in [-0.3, -0.25) is 0 Å². The number of hydrogen-bond donors (Lipinski definition) is 2. The summed E-state index contributed by atoms with van der Waals surface area (Å²) in [5.41, 5.74) is 6.88. The number of nitrogens with one attached hydrogen (secondary N) is 1. The predicted molar refractivity (Wildman–Crippen MR) is 71.1 cm³/mol. The summed E-state index contributed by atoms with van der Waals surface area (Å²) >= 11 is 0. The van der Waals surface area contributed by atoms with E-state index in [1.807, 2.05) is 6.92 Å². The molecule has 94 valence electrons. The number of nitrogens with two attached hydrogens (primary N) is 1. The highest BCUT2D eigenvalue weighted by Gasteiger charge is 2.20. The number of hydrogen-bond acceptors (Lipinski definition) is 4. The van der Waals surface area contributed by atoms with Crippen LogP contribution >= 0.6 is 0 Å². The van der Waals surface area contributed by atoms with Crippen molar-refractivity contribution >= 4 is 11.6 Å². The molecule has 0 unspecified atom stereocenters. The molecule has 0 bridgehead atoms. The van der Waals surface area contributed by atoms with Gasteiger partial charge in [0, 0.05) is 18.0 Å². The fraction of sp³-hybridized carbons (Fsp3) is 0.692. The number of nitrogen functional groups attached to an aromatic ring is 1. The fourth-order valence-corrected chi connectivity index (χ4v) is 1.78. The van der Waals surface area contributed by atoms with Gasteiger partial charge in [0.15, 0.2) is 0 Å². The van der Waals surface area contributed by atoms with Gasteiger partial charge in [-0.05, 0) is 19.3 Å². The average Bonchev–Trinajstić information content (AvgIpc) is 3.07. The lowest BCUT2D eigenvalue weighted by Gasteiger charge is -2.13. The standard InChI is InChI=1S/C13H22N4/c1-8(2)12-16-11(14)9(3)13(17-12)15-7-6-10-4-5-10/h8,10H,4-7H2,1-3H3,(H3,14,15,16,17). The summed E-state index contributed by atoms with van der Waals surface area (Å²) in [4.78, 5) is 8.86. The van der Waals surface area contributed by atoms with Crippen LogP contribution in [0.15, 0.2) is 0 Å². The molecule has 4 nitrogen and oxygen atoms in total. The molecule has 0 spiro atoms. The molecule has 1 aromatic rings. The Morgan fingerprint density at radius 3 is 2.65 bits per heavy atom. The summed E-state index contributed by atoms with van der Waals surface area (Å²) in [5.74, 6) is 3.56. The van der Waals surface area contributed by atoms with Gasteiger partial charge in [0.1, 0.15) is 17.5 Å². The van der Waals surface area contributed by atoms with Gasteiger partial charge in [-0.25, -0.2) is 9.97 Å². The van der Waals surface area contributed by atoms with Gasteiger partial charge in [-0.1, -0.05) is 26.7 Å². The highest BCUT2D eigenvalue weighted by molar-refractivity contribution is 5.54. The van der Waals surface area contributed by atoms with Crippen LogP contribution in [-0.2, 0) is 0 Å². The largest absolute Gasteiger partial charge is 0.383 e. The Labute approximate surface area is 103 Å². The molecule has 1 aliphatic carbocycles. The molecule has 1 aromatic heterocycles. The van der Waals surface area contributed by atoms with Gasteiger partial charge in [0.25, 0.3) is 0 Å². The van der Waals surface area contributed by atoms with Crippen molar-refractivity contribution in [1.29, 1.82) is 0 Å². The third kappa shape index (κ3) is 3.08. The molecular weight excluding hydrogens is 212 g/mol. The van der Waals surface area contributed by atoms with Crippen LogP contribution in [0.5, 0.6) is 0 Å². The Morgan fingerprint density at radius 1 is 1.35 bits per heavy atom. The van der Waals surface area contributed by atoms with E-state index in [9.17, 15) is 0 Å². The van der Waals surface area contributed by atoms with Crippen LogP contribution in [0.4, 0.5) is 11.6 Å². The first-order valence-electron chi connectivity index (χ1n) is 6.45. The zero-order chi connectivity index (χ0) is 12.4. The molecule has 1 fully saturated rings. The second kappa shape index (κ2) is 4.90. The Kier molecular flexibility index (Phi) is 3.50. The molecule has 1 saturated carbocycles. The smallest absolute Gasteiger partial charge is 0.135 e. The monoisotopic (exact) mass is 234 g/mol. The lowest BCUT2D eigenvalue weighted by atomic mass is 10.2. The summed E-state index contributed by atoms with van der Waals surface area (Å²) in [6, 6.07) is 0. The van der Waals surface area contributed by atoms with Crippen molar-refractivity contribution in [2.45, 2.75) is 46.0 Å². The van der Waals surface area contributed by atoms with Crippen LogP contribution in [0.2, 0.25) is 0 Å². The van der Waals surface area contributed by atoms with E-state index in [4.69, 9.17) is 5.73 Å². The molecule has 3 N–H and O–H groups in total. The molecule has 4 heteroatoms. The van der Waals surface area contributed by atoms with Crippen molar-refractivity contribution < 1.29 is 0 Å². The molecule has 1 heterocycles. The third-order valence-corrected chi connectivity index (χ3v) is 3.26. The van der Waals surface area contributed by atoms with E-state index in [-0.39, 0.29) is 0 Å². The Morgan fingerprint density at radius 2 is 2.06 bits per heavy atom. The maximum absolute atomic E-state index is 5.91. The zero-order valence-corrected chi connectivity index (χ0v) is 11.0. The van der Waals surface area contributed by atoms with Crippen molar-refractivity contribution in [2.24, 2.45) is 5.92 Å². The van der Waals surface area contributed by atoms with E-state index >= 15 is 0 Å². The van der Waals surface area contributed by atoms with Gasteiger partial charge in [-0.15, -0.1) is 0 Å². The van der Waals surface area contributed by atoms with Crippen molar-refractivity contribution in [3.63, 3.8) is 0 Å². The lowest BCUT2D eigenvalue weighted by molar-refractivity contribution is 0.747. The number of rotatable bonds is 5. The molecular formula is C13H22N4. The zero-order valence-electron chi connectivity index (χ0n) is 11.0. The molecule has 0 aromatic carbocycles. The minimum absolute atomic E-state index is 0.307. The van der Waals surface area contributed by atoms with Gasteiger partial charge >= 0.3 is 0 Å². The van der Waals surface area contributed by atoms with E-state index in [0.717, 1.165) is 29.7 Å². The number of anilines is 2. The maximum atomic E-state index is 5.91. The predicted octanol–water partition coefficient (Wildman–Crippen LogP) is 2.70. The van der Waals surface area contributed by atoms with Crippen LogP contribution < -0.4 is 11.1 Å². The molecule has 0 amide bonds. The first-order chi connectivity index (χ1) is 8.08. The maximum Gasteiger partial charge on any atom is 0.135 e. The van der Waals surface area contributed by atoms with E-state index in [0.29, 0.717) is 11.7 Å². The molecule has 1 aliphatic rings. The van der Waals surface area contributed by atoms with Crippen molar-refractivity contribution in [1.82, 2.24) is 9.97 Å². The molecule has 2 rings (SSSR count). The van der Waals surface area contributed by atoms with Crippen LogP contribution in [0.25, 0.3) is 0 Å². The van der Waals surface area contributed by atoms with E-state index in [1.165, 1.54) is 19.3 Å². The third-order valence-electron chi connectivity index (χ3n) is 3.26.